The van der Waals surface area contributed by atoms with Crippen LogP contribution in [0.1, 0.15) is 39.8 Å². The Kier molecular flexibility index (Phi) is 4.16. The van der Waals surface area contributed by atoms with E-state index >= 15 is 0 Å². The Morgan fingerprint density at radius 3 is 2.95 bits per heavy atom. The van der Waals surface area contributed by atoms with Crippen LogP contribution in [0.5, 0.6) is 5.88 Å². The van der Waals surface area contributed by atoms with Crippen LogP contribution in [-0.2, 0) is 0 Å². The lowest BCUT2D eigenvalue weighted by molar-refractivity contribution is 0.0898. The number of thiazole rings is 1. The van der Waals surface area contributed by atoms with Crippen molar-refractivity contribution in [3.05, 3.63) is 27.9 Å². The lowest BCUT2D eigenvalue weighted by Crippen LogP contribution is -2.27. The summed E-state index contributed by atoms with van der Waals surface area (Å²) >= 11 is 1.57. The molecule has 0 fully saturated rings. The van der Waals surface area contributed by atoms with E-state index in [2.05, 4.69) is 15.5 Å². The number of hydrogen-bond acceptors (Lipinski definition) is 6. The highest BCUT2D eigenvalue weighted by Gasteiger charge is 2.20. The molecular weight excluding hydrogens is 266 g/mol. The zero-order chi connectivity index (χ0) is 13.8. The first-order chi connectivity index (χ1) is 9.13. The maximum atomic E-state index is 12.0. The van der Waals surface area contributed by atoms with Gasteiger partial charge in [-0.2, -0.15) is 0 Å². The van der Waals surface area contributed by atoms with Crippen LogP contribution in [0.3, 0.4) is 0 Å². The first-order valence-corrected chi connectivity index (χ1v) is 6.69. The number of methoxy groups -OCH3 is 1. The molecule has 1 unspecified atom stereocenters. The SMILES string of the molecule is CCC(NC(=O)c1cc(OC)no1)c1ncc(C)s1. The molecule has 1 amide bonds. The summed E-state index contributed by atoms with van der Waals surface area (Å²) in [5.74, 6) is 0.0855. The second-order valence-electron chi connectivity index (χ2n) is 3.98. The molecular formula is C12H15N3O3S. The van der Waals surface area contributed by atoms with Crippen LogP contribution < -0.4 is 10.1 Å². The van der Waals surface area contributed by atoms with Crippen LogP contribution in [0.15, 0.2) is 16.8 Å². The molecule has 2 aromatic heterocycles. The van der Waals surface area contributed by atoms with Crippen molar-refractivity contribution in [3.63, 3.8) is 0 Å². The van der Waals surface area contributed by atoms with Crippen molar-refractivity contribution in [3.8, 4) is 5.88 Å². The average Bonchev–Trinajstić information content (AvgIpc) is 3.04. The van der Waals surface area contributed by atoms with Gasteiger partial charge in [0.2, 0.25) is 5.76 Å². The molecule has 2 rings (SSSR count). The summed E-state index contributed by atoms with van der Waals surface area (Å²) in [5, 5.41) is 7.35. The quantitative estimate of drug-likeness (QED) is 0.910. The second-order valence-corrected chi connectivity index (χ2v) is 5.24. The number of carbonyl (C=O) groups excluding carboxylic acids is 1. The zero-order valence-electron chi connectivity index (χ0n) is 11.0. The number of ether oxygens (including phenoxy) is 1. The Balaban J connectivity index is 2.08. The van der Waals surface area contributed by atoms with Gasteiger partial charge in [0.15, 0.2) is 0 Å². The van der Waals surface area contributed by atoms with Crippen molar-refractivity contribution < 1.29 is 14.1 Å². The molecule has 2 heterocycles. The third kappa shape index (κ3) is 3.11. The molecule has 0 aliphatic carbocycles. The molecule has 0 bridgehead atoms. The topological polar surface area (TPSA) is 77.2 Å². The molecule has 0 aliphatic rings. The maximum absolute atomic E-state index is 12.0. The lowest BCUT2D eigenvalue weighted by atomic mass is 10.2. The Hall–Kier alpha value is -1.89. The summed E-state index contributed by atoms with van der Waals surface area (Å²) in [6.07, 6.45) is 2.55. The third-order valence-corrected chi connectivity index (χ3v) is 3.60. The van der Waals surface area contributed by atoms with Gasteiger partial charge < -0.3 is 14.6 Å². The van der Waals surface area contributed by atoms with E-state index in [4.69, 9.17) is 9.26 Å². The minimum atomic E-state index is -0.324. The van der Waals surface area contributed by atoms with Crippen molar-refractivity contribution in [2.75, 3.05) is 7.11 Å². The van der Waals surface area contributed by atoms with Crippen molar-refractivity contribution >= 4 is 17.2 Å². The van der Waals surface area contributed by atoms with Gasteiger partial charge in [-0.1, -0.05) is 6.92 Å². The van der Waals surface area contributed by atoms with Gasteiger partial charge in [0.1, 0.15) is 5.01 Å². The minimum absolute atomic E-state index is 0.123. The monoisotopic (exact) mass is 281 g/mol. The predicted octanol–water partition coefficient (Wildman–Crippen LogP) is 2.33. The predicted molar refractivity (Wildman–Crippen MR) is 70.4 cm³/mol. The van der Waals surface area contributed by atoms with E-state index in [0.717, 1.165) is 16.3 Å². The number of amides is 1. The zero-order valence-corrected chi connectivity index (χ0v) is 11.8. The summed E-state index contributed by atoms with van der Waals surface area (Å²) in [6, 6.07) is 1.33. The van der Waals surface area contributed by atoms with Gasteiger partial charge in [0.25, 0.3) is 11.8 Å². The largest absolute Gasteiger partial charge is 0.479 e. The standard InChI is InChI=1S/C12H15N3O3S/c1-4-8(12-13-6-7(2)19-12)14-11(16)9-5-10(17-3)15-18-9/h5-6,8H,4H2,1-3H3,(H,14,16). The molecule has 0 radical (unpaired) electrons. The van der Waals surface area contributed by atoms with Crippen LogP contribution >= 0.6 is 11.3 Å². The van der Waals surface area contributed by atoms with Gasteiger partial charge in [-0.25, -0.2) is 4.98 Å². The minimum Gasteiger partial charge on any atom is -0.479 e. The van der Waals surface area contributed by atoms with Crippen LogP contribution in [0.4, 0.5) is 0 Å². The number of hydrogen-bond donors (Lipinski definition) is 1. The summed E-state index contributed by atoms with van der Waals surface area (Å²) in [6.45, 7) is 3.97. The fourth-order valence-corrected chi connectivity index (χ4v) is 2.47. The van der Waals surface area contributed by atoms with E-state index in [1.54, 1.807) is 17.5 Å². The maximum Gasteiger partial charge on any atom is 0.290 e. The number of carbonyl (C=O) groups is 1. The van der Waals surface area contributed by atoms with Crippen molar-refractivity contribution in [1.29, 1.82) is 0 Å². The highest BCUT2D eigenvalue weighted by atomic mass is 32.1. The molecule has 7 heteroatoms. The Labute approximate surface area is 114 Å². The van der Waals surface area contributed by atoms with Gasteiger partial charge in [-0.3, -0.25) is 4.79 Å². The molecule has 102 valence electrons. The molecule has 2 aromatic rings. The molecule has 0 aromatic carbocycles. The number of aromatic nitrogens is 2. The molecule has 0 aliphatic heterocycles. The van der Waals surface area contributed by atoms with E-state index < -0.39 is 0 Å². The Morgan fingerprint density at radius 2 is 2.42 bits per heavy atom. The van der Waals surface area contributed by atoms with E-state index in [1.165, 1.54) is 13.2 Å². The summed E-state index contributed by atoms with van der Waals surface area (Å²) < 4.78 is 9.77. The molecule has 6 nitrogen and oxygen atoms in total. The number of nitrogens with zero attached hydrogens (tertiary/aromatic N) is 2. The van der Waals surface area contributed by atoms with Crippen LogP contribution in [0, 0.1) is 6.92 Å². The third-order valence-electron chi connectivity index (χ3n) is 2.57. The summed E-state index contributed by atoms with van der Waals surface area (Å²) in [5.41, 5.74) is 0. The van der Waals surface area contributed by atoms with Crippen molar-refractivity contribution in [2.24, 2.45) is 0 Å². The van der Waals surface area contributed by atoms with Crippen LogP contribution in [0.2, 0.25) is 0 Å². The highest BCUT2D eigenvalue weighted by molar-refractivity contribution is 7.11. The molecule has 19 heavy (non-hydrogen) atoms. The highest BCUT2D eigenvalue weighted by Crippen LogP contribution is 2.22. The van der Waals surface area contributed by atoms with E-state index in [1.807, 2.05) is 13.8 Å². The van der Waals surface area contributed by atoms with E-state index in [0.29, 0.717) is 0 Å². The smallest absolute Gasteiger partial charge is 0.290 e. The first-order valence-electron chi connectivity index (χ1n) is 5.88. The van der Waals surface area contributed by atoms with Gasteiger partial charge in [-0.05, 0) is 18.5 Å². The van der Waals surface area contributed by atoms with Gasteiger partial charge in [0.05, 0.1) is 19.2 Å². The molecule has 1 N–H and O–H groups in total. The Bertz CT molecular complexity index is 564. The van der Waals surface area contributed by atoms with Gasteiger partial charge in [-0.15, -0.1) is 11.3 Å². The van der Waals surface area contributed by atoms with E-state index in [-0.39, 0.29) is 23.6 Å². The van der Waals surface area contributed by atoms with Gasteiger partial charge in [0, 0.05) is 11.1 Å². The number of nitrogens with one attached hydrogen (secondary N) is 1. The number of rotatable bonds is 5. The van der Waals surface area contributed by atoms with E-state index in [9.17, 15) is 4.79 Å². The molecule has 1 atom stereocenters. The first kappa shape index (κ1) is 13.5. The average molecular weight is 281 g/mol. The van der Waals surface area contributed by atoms with Crippen molar-refractivity contribution in [2.45, 2.75) is 26.3 Å². The summed E-state index contributed by atoms with van der Waals surface area (Å²) in [7, 11) is 1.47. The number of aryl methyl sites for hydroxylation is 1. The second kappa shape index (κ2) is 5.83. The molecule has 0 saturated carbocycles. The van der Waals surface area contributed by atoms with Crippen LogP contribution in [0.25, 0.3) is 0 Å². The normalized spacial score (nSPS) is 12.2. The van der Waals surface area contributed by atoms with Crippen molar-refractivity contribution in [1.82, 2.24) is 15.5 Å². The van der Waals surface area contributed by atoms with Crippen LogP contribution in [-0.4, -0.2) is 23.2 Å². The fourth-order valence-electron chi connectivity index (χ4n) is 1.56. The summed E-state index contributed by atoms with van der Waals surface area (Å²) in [4.78, 5) is 17.4. The molecule has 0 saturated heterocycles. The fraction of sp³-hybridized carbons (Fsp3) is 0.417. The van der Waals surface area contributed by atoms with Gasteiger partial charge >= 0.3 is 0 Å². The lowest BCUT2D eigenvalue weighted by Gasteiger charge is -2.12. The molecule has 0 spiro atoms. The Morgan fingerprint density at radius 1 is 1.63 bits per heavy atom.